The van der Waals surface area contributed by atoms with Crippen LogP contribution in [0, 0.1) is 24.5 Å². The maximum atomic E-state index is 15.8. The van der Waals surface area contributed by atoms with Gasteiger partial charge in [-0.05, 0) is 77.9 Å². The molecule has 10 rings (SSSR count). The molecule has 422 valence electrons. The lowest BCUT2D eigenvalue weighted by Gasteiger charge is -2.36. The molecule has 4 aromatic heterocycles. The number of hydrogen-bond donors (Lipinski definition) is 5. The van der Waals surface area contributed by atoms with Crippen molar-refractivity contribution in [2.45, 2.75) is 70.3 Å². The number of aryl methyl sites for hydroxylation is 1. The molecule has 5 atom stereocenters. The molecule has 0 bridgehead atoms. The second-order valence-corrected chi connectivity index (χ2v) is 23.2. The average Bonchev–Trinajstić information content (AvgIpc) is 4.33. The topological polar surface area (TPSA) is 240 Å². The Morgan fingerprint density at radius 1 is 0.950 bits per heavy atom. The number of benzene rings is 3. The highest BCUT2D eigenvalue weighted by atomic mass is 32.2. The Bertz CT molecular complexity index is 3480. The van der Waals surface area contributed by atoms with E-state index in [1.807, 2.05) is 74.0 Å². The van der Waals surface area contributed by atoms with Gasteiger partial charge in [0.2, 0.25) is 17.6 Å². The molecule has 7 aromatic rings. The molecule has 5 N–H and O–H groups in total. The first-order chi connectivity index (χ1) is 38.5. The number of rotatable bonds is 20. The van der Waals surface area contributed by atoms with Gasteiger partial charge in [-0.1, -0.05) is 50.2 Å². The molecule has 3 aliphatic rings. The van der Waals surface area contributed by atoms with E-state index in [9.17, 15) is 37.4 Å². The number of amides is 2. The highest BCUT2D eigenvalue weighted by molar-refractivity contribution is 7.90. The molecule has 24 heteroatoms. The summed E-state index contributed by atoms with van der Waals surface area (Å²) in [6, 6.07) is 18.6. The van der Waals surface area contributed by atoms with E-state index < -0.39 is 81.6 Å². The van der Waals surface area contributed by atoms with E-state index >= 15 is 8.78 Å². The number of fused-ring (bicyclic) bond motifs is 1. The molecule has 3 aliphatic heterocycles. The van der Waals surface area contributed by atoms with Crippen molar-refractivity contribution in [3.63, 3.8) is 0 Å². The zero-order valence-corrected chi connectivity index (χ0v) is 45.8. The summed E-state index contributed by atoms with van der Waals surface area (Å²) in [6.45, 7) is 9.02. The largest absolute Gasteiger partial charge is 0.475 e. The number of halogens is 3. The third-order valence-corrected chi connectivity index (χ3v) is 17.5. The molecule has 3 fully saturated rings. The molecule has 0 radical (unpaired) electrons. The van der Waals surface area contributed by atoms with Gasteiger partial charge in [0.15, 0.2) is 11.6 Å². The lowest BCUT2D eigenvalue weighted by molar-refractivity contribution is -0.141. The number of aliphatic hydroxyl groups excluding tert-OH is 2. The van der Waals surface area contributed by atoms with Gasteiger partial charge in [0.05, 0.1) is 52.7 Å². The number of alkyl halides is 1. The first kappa shape index (κ1) is 56.1. The summed E-state index contributed by atoms with van der Waals surface area (Å²) in [5.41, 5.74) is 5.44. The first-order valence-electron chi connectivity index (χ1n) is 26.4. The summed E-state index contributed by atoms with van der Waals surface area (Å²) in [5, 5.41) is 28.3. The van der Waals surface area contributed by atoms with Crippen LogP contribution >= 0.6 is 11.3 Å². The predicted molar refractivity (Wildman–Crippen MR) is 294 cm³/mol. The fraction of sp³-hybridized carbons (Fsp3) is 0.393. The van der Waals surface area contributed by atoms with Gasteiger partial charge in [0.1, 0.15) is 29.6 Å². The van der Waals surface area contributed by atoms with Crippen molar-refractivity contribution < 1.29 is 55.4 Å². The van der Waals surface area contributed by atoms with Crippen LogP contribution in [0.1, 0.15) is 78.0 Å². The molecule has 0 spiro atoms. The van der Waals surface area contributed by atoms with Gasteiger partial charge in [-0.3, -0.25) is 24.0 Å². The van der Waals surface area contributed by atoms with Crippen LogP contribution < -0.4 is 19.7 Å². The third-order valence-electron chi connectivity index (χ3n) is 15.0. The summed E-state index contributed by atoms with van der Waals surface area (Å²) in [4.78, 5) is 60.5. The van der Waals surface area contributed by atoms with Crippen LogP contribution in [0.25, 0.3) is 32.6 Å². The predicted octanol–water partition coefficient (Wildman–Crippen LogP) is 7.00. The van der Waals surface area contributed by atoms with Crippen LogP contribution in [0.2, 0.25) is 0 Å². The Balaban J connectivity index is 0.697. The molecule has 7 heterocycles. The number of anilines is 2. The standard InChI is InChI=1S/C56H61F3N10O9S2/c1-32(2)49(56(74)69-29-40(71)24-46(69)55(73)63-45(30-70)35-5-7-36(8-6-35)53-33(3)62-31-79-53)47-25-48(64-78-47)77-22-4-16-66-18-20-67(21-19-66)39-11-9-34(10-12-39)37-23-41-42(27-61-54(41)60-26-37)52(72)50-43(58)13-14-44(51(50)59)65-80(75,76)68-17-15-38(57)28-68/h5-14,23,25-27,31-32,38,40,45-46,49,65,70-71H,4,15-22,24,28-30H2,1-3H3,(H,60,61)(H,63,73)/t38-,40-,45+,46+,49-/m1/s1. The first-order valence-corrected chi connectivity index (χ1v) is 28.8. The van der Waals surface area contributed by atoms with E-state index in [1.54, 1.807) is 23.8 Å². The number of β-amino-alcohol motifs (C(OH)–C–C–N with tert-alkyl or cyclic N) is 1. The fourth-order valence-electron chi connectivity index (χ4n) is 10.6. The van der Waals surface area contributed by atoms with Crippen molar-refractivity contribution in [3.05, 3.63) is 130 Å². The number of aromatic amines is 1. The maximum Gasteiger partial charge on any atom is 0.301 e. The van der Waals surface area contributed by atoms with E-state index in [4.69, 9.17) is 9.26 Å². The fourth-order valence-corrected chi connectivity index (χ4v) is 12.7. The lowest BCUT2D eigenvalue weighted by atomic mass is 9.91. The average molecular weight is 1140 g/mol. The summed E-state index contributed by atoms with van der Waals surface area (Å²) >= 11 is 1.53. The summed E-state index contributed by atoms with van der Waals surface area (Å²) in [5.74, 6) is -5.03. The van der Waals surface area contributed by atoms with E-state index in [2.05, 4.69) is 35.2 Å². The quantitative estimate of drug-likeness (QED) is 0.0382. The van der Waals surface area contributed by atoms with Gasteiger partial charge >= 0.3 is 10.2 Å². The number of nitrogens with zero attached hydrogens (tertiary/aromatic N) is 7. The van der Waals surface area contributed by atoms with Crippen molar-refractivity contribution in [1.82, 2.24) is 39.5 Å². The third kappa shape index (κ3) is 12.0. The molecule has 0 unspecified atom stereocenters. The number of nitrogens with one attached hydrogen (secondary N) is 3. The van der Waals surface area contributed by atoms with Crippen LogP contribution in [0.5, 0.6) is 5.88 Å². The Labute approximate surface area is 463 Å². The molecular weight excluding hydrogens is 1080 g/mol. The van der Waals surface area contributed by atoms with Gasteiger partial charge in [-0.15, -0.1) is 11.3 Å². The Morgan fingerprint density at radius 3 is 2.39 bits per heavy atom. The number of H-pyrrole nitrogens is 1. The summed E-state index contributed by atoms with van der Waals surface area (Å²) in [6.07, 6.45) is 1.37. The van der Waals surface area contributed by atoms with Crippen molar-refractivity contribution in [3.8, 4) is 27.4 Å². The number of pyridine rings is 1. The monoisotopic (exact) mass is 1140 g/mol. The van der Waals surface area contributed by atoms with Crippen LogP contribution in [0.15, 0.2) is 95.2 Å². The molecular formula is C56H61F3N10O9S2. The number of aromatic nitrogens is 4. The molecule has 2 amide bonds. The van der Waals surface area contributed by atoms with Crippen molar-refractivity contribution in [2.24, 2.45) is 5.92 Å². The SMILES string of the molecule is Cc1ncsc1-c1ccc([C@H](CO)NC(=O)[C@@H]2C[C@@H](O)CN2C(=O)[C@@H](c2cc(OCCCN3CCN(c4ccc(-c5cnc6[nH]cc(C(=O)c7c(F)ccc(NS(=O)(=O)N8CC[C@@H](F)C8)c7F)c6c5)cc4)CC3)no2)C(C)C)cc1. The number of aliphatic hydroxyl groups is 2. The number of ether oxygens (including phenoxy) is 1. The van der Waals surface area contributed by atoms with E-state index in [0.717, 1.165) is 76.5 Å². The maximum absolute atomic E-state index is 15.8. The number of ketones is 1. The number of likely N-dealkylation sites (tertiary alicyclic amines) is 1. The molecule has 0 aliphatic carbocycles. The van der Waals surface area contributed by atoms with Crippen molar-refractivity contribution >= 4 is 61.6 Å². The normalized spacial score (nSPS) is 19.0. The van der Waals surface area contributed by atoms with E-state index in [-0.39, 0.29) is 61.6 Å². The van der Waals surface area contributed by atoms with Gasteiger partial charge in [0.25, 0.3) is 5.88 Å². The number of hydrogen-bond acceptors (Lipinski definition) is 15. The number of carbonyl (C=O) groups is 3. The summed E-state index contributed by atoms with van der Waals surface area (Å²) in [7, 11) is -4.38. The second-order valence-electron chi connectivity index (χ2n) is 20.7. The van der Waals surface area contributed by atoms with Gasteiger partial charge < -0.3 is 39.6 Å². The molecule has 19 nitrogen and oxygen atoms in total. The number of piperazine rings is 1. The molecule has 3 aromatic carbocycles. The zero-order valence-electron chi connectivity index (χ0n) is 44.1. The van der Waals surface area contributed by atoms with Crippen LogP contribution in [0.4, 0.5) is 24.5 Å². The second kappa shape index (κ2) is 23.9. The molecule has 3 saturated heterocycles. The Kier molecular flexibility index (Phi) is 16.7. The van der Waals surface area contributed by atoms with Crippen LogP contribution in [-0.4, -0.2) is 154 Å². The minimum atomic E-state index is -4.38. The van der Waals surface area contributed by atoms with Crippen LogP contribution in [-0.2, 0) is 19.8 Å². The van der Waals surface area contributed by atoms with Gasteiger partial charge in [0, 0.05) is 99.4 Å². The van der Waals surface area contributed by atoms with Crippen LogP contribution in [0.3, 0.4) is 0 Å². The minimum absolute atomic E-state index is 0.00962. The van der Waals surface area contributed by atoms with Gasteiger partial charge in [-0.2, -0.15) is 12.7 Å². The van der Waals surface area contributed by atoms with Crippen molar-refractivity contribution in [2.75, 3.05) is 75.2 Å². The highest BCUT2D eigenvalue weighted by Gasteiger charge is 2.44. The highest BCUT2D eigenvalue weighted by Crippen LogP contribution is 2.35. The smallest absolute Gasteiger partial charge is 0.301 e. The van der Waals surface area contributed by atoms with E-state index in [0.29, 0.717) is 35.2 Å². The Hall–Kier alpha value is -7.22. The summed E-state index contributed by atoms with van der Waals surface area (Å²) < 4.78 is 85.0. The van der Waals surface area contributed by atoms with Gasteiger partial charge in [-0.25, -0.2) is 23.1 Å². The lowest BCUT2D eigenvalue weighted by Crippen LogP contribution is -2.49. The molecule has 80 heavy (non-hydrogen) atoms. The molecule has 0 saturated carbocycles. The minimum Gasteiger partial charge on any atom is -0.475 e. The number of thiazole rings is 1. The zero-order chi connectivity index (χ0) is 56.4. The van der Waals surface area contributed by atoms with Crippen molar-refractivity contribution in [1.29, 1.82) is 0 Å². The number of carbonyl (C=O) groups excluding carboxylic acids is 3. The van der Waals surface area contributed by atoms with E-state index in [1.165, 1.54) is 22.4 Å². The Morgan fingerprint density at radius 2 is 1.70 bits per heavy atom.